The second-order valence-corrected chi connectivity index (χ2v) is 6.41. The Morgan fingerprint density at radius 3 is 2.95 bits per heavy atom. The van der Waals surface area contributed by atoms with Crippen LogP contribution in [0.4, 0.5) is 0 Å². The molecule has 0 bridgehead atoms. The zero-order valence-electron chi connectivity index (χ0n) is 11.8. The van der Waals surface area contributed by atoms with Crippen molar-refractivity contribution in [1.82, 2.24) is 15.5 Å². The number of nitrogens with one attached hydrogen (secondary N) is 1. The van der Waals surface area contributed by atoms with E-state index in [0.29, 0.717) is 11.2 Å². The van der Waals surface area contributed by atoms with E-state index in [9.17, 15) is 0 Å². The number of aromatic nitrogens is 2. The minimum Gasteiger partial charge on any atom is -0.430 e. The lowest BCUT2D eigenvalue weighted by atomic mass is 10.1. The molecule has 2 aromatic rings. The number of ether oxygens (including phenoxy) is 1. The van der Waals surface area contributed by atoms with Crippen LogP contribution in [-0.4, -0.2) is 16.2 Å². The highest BCUT2D eigenvalue weighted by Crippen LogP contribution is 2.30. The summed E-state index contributed by atoms with van der Waals surface area (Å²) in [5.74, 6) is 0.866. The molecule has 1 aliphatic carbocycles. The molecule has 0 unspecified atom stereocenters. The van der Waals surface area contributed by atoms with E-state index in [-0.39, 0.29) is 0 Å². The van der Waals surface area contributed by atoms with Crippen LogP contribution in [0, 0.1) is 0 Å². The maximum absolute atomic E-state index is 5.81. The summed E-state index contributed by atoms with van der Waals surface area (Å²) in [5.41, 5.74) is 2.87. The van der Waals surface area contributed by atoms with Crippen molar-refractivity contribution in [3.8, 4) is 10.9 Å². The van der Waals surface area contributed by atoms with Crippen LogP contribution in [0.2, 0.25) is 0 Å². The largest absolute Gasteiger partial charge is 0.430 e. The Morgan fingerprint density at radius 2 is 2.10 bits per heavy atom. The summed E-state index contributed by atoms with van der Waals surface area (Å²) in [6.07, 6.45) is 3.61. The van der Waals surface area contributed by atoms with E-state index in [1.165, 1.54) is 35.3 Å². The molecule has 0 saturated heterocycles. The third kappa shape index (κ3) is 3.16. The van der Waals surface area contributed by atoms with Crippen molar-refractivity contribution >= 4 is 11.3 Å². The van der Waals surface area contributed by atoms with Crippen molar-refractivity contribution < 1.29 is 4.74 Å². The van der Waals surface area contributed by atoms with Gasteiger partial charge in [0.2, 0.25) is 0 Å². The summed E-state index contributed by atoms with van der Waals surface area (Å²) >= 11 is 1.50. The van der Waals surface area contributed by atoms with Gasteiger partial charge in [0, 0.05) is 6.04 Å². The van der Waals surface area contributed by atoms with Gasteiger partial charge in [-0.15, -0.1) is 5.10 Å². The Hall–Kier alpha value is -1.46. The number of nitrogens with zero attached hydrogens (tertiary/aromatic N) is 2. The van der Waals surface area contributed by atoms with Gasteiger partial charge in [0.15, 0.2) is 0 Å². The molecule has 1 aromatic heterocycles. The van der Waals surface area contributed by atoms with Gasteiger partial charge in [-0.3, -0.25) is 0 Å². The fraction of sp³-hybridized carbons (Fsp3) is 0.467. The SMILES string of the molecule is CC(C)NCc1nnc(Oc2ccc3c(c2)CCC3)s1. The van der Waals surface area contributed by atoms with E-state index in [0.717, 1.165) is 23.7 Å². The molecule has 0 saturated carbocycles. The smallest absolute Gasteiger partial charge is 0.299 e. The predicted octanol–water partition coefficient (Wildman–Crippen LogP) is 3.32. The molecule has 1 heterocycles. The summed E-state index contributed by atoms with van der Waals surface area (Å²) in [5, 5.41) is 13.1. The highest BCUT2D eigenvalue weighted by Gasteiger charge is 2.12. The number of hydrogen-bond acceptors (Lipinski definition) is 5. The van der Waals surface area contributed by atoms with Crippen molar-refractivity contribution in [2.75, 3.05) is 0 Å². The molecular weight excluding hydrogens is 270 g/mol. The monoisotopic (exact) mass is 289 g/mol. The molecule has 0 amide bonds. The highest BCUT2D eigenvalue weighted by molar-refractivity contribution is 7.13. The van der Waals surface area contributed by atoms with Gasteiger partial charge in [-0.2, -0.15) is 0 Å². The van der Waals surface area contributed by atoms with Crippen LogP contribution in [0.5, 0.6) is 10.9 Å². The van der Waals surface area contributed by atoms with Gasteiger partial charge in [-0.05, 0) is 42.5 Å². The second kappa shape index (κ2) is 5.89. The van der Waals surface area contributed by atoms with Crippen LogP contribution >= 0.6 is 11.3 Å². The number of rotatable bonds is 5. The molecular formula is C15H19N3OS. The third-order valence-corrected chi connectivity index (χ3v) is 4.19. The maximum Gasteiger partial charge on any atom is 0.299 e. The Labute approximate surface area is 123 Å². The number of fused-ring (bicyclic) bond motifs is 1. The van der Waals surface area contributed by atoms with Gasteiger partial charge in [0.05, 0.1) is 6.54 Å². The van der Waals surface area contributed by atoms with Crippen LogP contribution < -0.4 is 10.1 Å². The molecule has 0 spiro atoms. The molecule has 0 radical (unpaired) electrons. The highest BCUT2D eigenvalue weighted by atomic mass is 32.1. The van der Waals surface area contributed by atoms with Crippen molar-refractivity contribution in [3.05, 3.63) is 34.3 Å². The lowest BCUT2D eigenvalue weighted by Gasteiger charge is -2.04. The van der Waals surface area contributed by atoms with Gasteiger partial charge in [-0.1, -0.05) is 36.3 Å². The minimum absolute atomic E-state index is 0.444. The molecule has 0 aliphatic heterocycles. The van der Waals surface area contributed by atoms with E-state index < -0.39 is 0 Å². The van der Waals surface area contributed by atoms with Gasteiger partial charge >= 0.3 is 0 Å². The molecule has 1 N–H and O–H groups in total. The van der Waals surface area contributed by atoms with Gasteiger partial charge in [-0.25, -0.2) is 0 Å². The molecule has 106 valence electrons. The van der Waals surface area contributed by atoms with Crippen molar-refractivity contribution in [2.45, 2.75) is 45.7 Å². The Kier molecular flexibility index (Phi) is 3.98. The summed E-state index contributed by atoms with van der Waals surface area (Å²) in [6, 6.07) is 6.77. The lowest BCUT2D eigenvalue weighted by Crippen LogP contribution is -2.21. The first-order valence-electron chi connectivity index (χ1n) is 7.06. The zero-order valence-corrected chi connectivity index (χ0v) is 12.7. The first-order valence-corrected chi connectivity index (χ1v) is 7.88. The zero-order chi connectivity index (χ0) is 13.9. The second-order valence-electron chi connectivity index (χ2n) is 5.38. The topological polar surface area (TPSA) is 47.0 Å². The Balaban J connectivity index is 1.65. The summed E-state index contributed by atoms with van der Waals surface area (Å²) in [4.78, 5) is 0. The van der Waals surface area contributed by atoms with Crippen molar-refractivity contribution in [2.24, 2.45) is 0 Å². The van der Waals surface area contributed by atoms with Crippen LogP contribution in [0.25, 0.3) is 0 Å². The van der Waals surface area contributed by atoms with E-state index in [4.69, 9.17) is 4.74 Å². The average Bonchev–Trinajstić information content (AvgIpc) is 3.04. The van der Waals surface area contributed by atoms with Gasteiger partial charge < -0.3 is 10.1 Å². The number of aryl methyl sites for hydroxylation is 2. The van der Waals surface area contributed by atoms with Crippen molar-refractivity contribution in [1.29, 1.82) is 0 Å². The third-order valence-electron chi connectivity index (χ3n) is 3.38. The number of benzene rings is 1. The first-order chi connectivity index (χ1) is 9.70. The molecule has 1 aromatic carbocycles. The Morgan fingerprint density at radius 1 is 1.25 bits per heavy atom. The van der Waals surface area contributed by atoms with Gasteiger partial charge in [0.25, 0.3) is 5.19 Å². The standard InChI is InChI=1S/C15H19N3OS/c1-10(2)16-9-14-17-18-15(20-14)19-13-7-6-11-4-3-5-12(11)8-13/h6-8,10,16H,3-5,9H2,1-2H3. The van der Waals surface area contributed by atoms with E-state index in [2.05, 4.69) is 41.5 Å². The lowest BCUT2D eigenvalue weighted by molar-refractivity contribution is 0.472. The summed E-state index contributed by atoms with van der Waals surface area (Å²) < 4.78 is 5.81. The molecule has 20 heavy (non-hydrogen) atoms. The predicted molar refractivity (Wildman–Crippen MR) is 80.4 cm³/mol. The summed E-state index contributed by atoms with van der Waals surface area (Å²) in [6.45, 7) is 4.97. The van der Waals surface area contributed by atoms with Crippen LogP contribution in [0.3, 0.4) is 0 Å². The maximum atomic E-state index is 5.81. The molecule has 5 heteroatoms. The van der Waals surface area contributed by atoms with Crippen LogP contribution in [0.15, 0.2) is 18.2 Å². The summed E-state index contributed by atoms with van der Waals surface area (Å²) in [7, 11) is 0. The fourth-order valence-corrected chi connectivity index (χ4v) is 3.01. The van der Waals surface area contributed by atoms with E-state index in [1.807, 2.05) is 6.07 Å². The van der Waals surface area contributed by atoms with Gasteiger partial charge in [0.1, 0.15) is 10.8 Å². The van der Waals surface area contributed by atoms with Crippen molar-refractivity contribution in [3.63, 3.8) is 0 Å². The number of hydrogen-bond donors (Lipinski definition) is 1. The molecule has 3 rings (SSSR count). The van der Waals surface area contributed by atoms with E-state index in [1.54, 1.807) is 0 Å². The van der Waals surface area contributed by atoms with Crippen LogP contribution in [0.1, 0.15) is 36.4 Å². The fourth-order valence-electron chi connectivity index (χ4n) is 2.35. The minimum atomic E-state index is 0.444. The first kappa shape index (κ1) is 13.5. The molecule has 0 atom stereocenters. The molecule has 1 aliphatic rings. The van der Waals surface area contributed by atoms with Crippen LogP contribution in [-0.2, 0) is 19.4 Å². The Bertz CT molecular complexity index is 595. The molecule has 4 nitrogen and oxygen atoms in total. The van der Waals surface area contributed by atoms with E-state index >= 15 is 0 Å². The molecule has 0 fully saturated rings. The average molecular weight is 289 g/mol. The quantitative estimate of drug-likeness (QED) is 0.917. The normalized spacial score (nSPS) is 13.8.